The number of hydrogen-bond donors (Lipinski definition) is 1. The van der Waals surface area contributed by atoms with Gasteiger partial charge >= 0.3 is 0 Å². The van der Waals surface area contributed by atoms with Gasteiger partial charge in [-0.05, 0) is 23.6 Å². The predicted molar refractivity (Wildman–Crippen MR) is 71.9 cm³/mol. The SMILES string of the molecule is CC(C)Cc1nc2cc(CS)ccc2n1C. The maximum atomic E-state index is 4.69. The first-order chi connectivity index (χ1) is 7.61. The Bertz CT molecular complexity index is 500. The number of benzene rings is 1. The zero-order chi connectivity index (χ0) is 11.7. The number of nitrogens with zero attached hydrogens (tertiary/aromatic N) is 2. The number of hydrogen-bond acceptors (Lipinski definition) is 2. The predicted octanol–water partition coefficient (Wildman–Crippen LogP) is 3.20. The summed E-state index contributed by atoms with van der Waals surface area (Å²) in [6.45, 7) is 4.44. The maximum Gasteiger partial charge on any atom is 0.109 e. The molecule has 0 atom stereocenters. The molecule has 0 spiro atoms. The smallest absolute Gasteiger partial charge is 0.109 e. The number of imidazole rings is 1. The lowest BCUT2D eigenvalue weighted by molar-refractivity contribution is 0.606. The Labute approximate surface area is 102 Å². The Hall–Kier alpha value is -0.960. The van der Waals surface area contributed by atoms with Gasteiger partial charge in [-0.2, -0.15) is 12.6 Å². The Morgan fingerprint density at radius 1 is 1.38 bits per heavy atom. The van der Waals surface area contributed by atoms with Crippen molar-refractivity contribution < 1.29 is 0 Å². The minimum atomic E-state index is 0.639. The molecular formula is C13H18N2S. The van der Waals surface area contributed by atoms with E-state index in [1.54, 1.807) is 0 Å². The molecule has 2 nitrogen and oxygen atoms in total. The van der Waals surface area contributed by atoms with Gasteiger partial charge in [0.25, 0.3) is 0 Å². The molecule has 86 valence electrons. The molecule has 0 unspecified atom stereocenters. The van der Waals surface area contributed by atoms with Crippen LogP contribution in [0.2, 0.25) is 0 Å². The minimum Gasteiger partial charge on any atom is -0.331 e. The molecule has 0 saturated heterocycles. The van der Waals surface area contributed by atoms with Gasteiger partial charge in [0, 0.05) is 19.2 Å². The molecule has 16 heavy (non-hydrogen) atoms. The maximum absolute atomic E-state index is 4.69. The largest absolute Gasteiger partial charge is 0.331 e. The zero-order valence-corrected chi connectivity index (χ0v) is 11.0. The number of rotatable bonds is 3. The molecule has 0 aliphatic carbocycles. The fourth-order valence-electron chi connectivity index (χ4n) is 1.94. The average Bonchev–Trinajstić information content (AvgIpc) is 2.54. The molecule has 1 aromatic heterocycles. The Kier molecular flexibility index (Phi) is 3.24. The van der Waals surface area contributed by atoms with Crippen molar-refractivity contribution in [2.75, 3.05) is 0 Å². The molecule has 1 aromatic carbocycles. The highest BCUT2D eigenvalue weighted by atomic mass is 32.1. The summed E-state index contributed by atoms with van der Waals surface area (Å²) in [6, 6.07) is 6.39. The number of aryl methyl sites for hydroxylation is 1. The van der Waals surface area contributed by atoms with E-state index in [1.165, 1.54) is 16.9 Å². The van der Waals surface area contributed by atoms with Gasteiger partial charge < -0.3 is 4.57 Å². The van der Waals surface area contributed by atoms with Crippen LogP contribution in [0, 0.1) is 5.92 Å². The van der Waals surface area contributed by atoms with E-state index in [9.17, 15) is 0 Å². The van der Waals surface area contributed by atoms with E-state index in [4.69, 9.17) is 4.98 Å². The molecule has 0 N–H and O–H groups in total. The van der Waals surface area contributed by atoms with E-state index >= 15 is 0 Å². The van der Waals surface area contributed by atoms with Crippen LogP contribution in [-0.2, 0) is 19.2 Å². The fraction of sp³-hybridized carbons (Fsp3) is 0.462. The summed E-state index contributed by atoms with van der Waals surface area (Å²) in [7, 11) is 2.09. The van der Waals surface area contributed by atoms with E-state index in [0.29, 0.717) is 5.92 Å². The fourth-order valence-corrected chi connectivity index (χ4v) is 2.14. The molecule has 0 amide bonds. The van der Waals surface area contributed by atoms with E-state index in [0.717, 1.165) is 17.7 Å². The summed E-state index contributed by atoms with van der Waals surface area (Å²) in [6.07, 6.45) is 1.03. The van der Waals surface area contributed by atoms with Gasteiger partial charge in [-0.15, -0.1) is 0 Å². The topological polar surface area (TPSA) is 17.8 Å². The molecule has 0 radical (unpaired) electrons. The van der Waals surface area contributed by atoms with Crippen LogP contribution in [0.15, 0.2) is 18.2 Å². The molecule has 0 bridgehead atoms. The van der Waals surface area contributed by atoms with Crippen molar-refractivity contribution in [3.8, 4) is 0 Å². The van der Waals surface area contributed by atoms with Crippen LogP contribution in [0.3, 0.4) is 0 Å². The molecule has 1 heterocycles. The lowest BCUT2D eigenvalue weighted by Gasteiger charge is -2.04. The zero-order valence-electron chi connectivity index (χ0n) is 10.1. The van der Waals surface area contributed by atoms with Gasteiger partial charge in [0.1, 0.15) is 5.82 Å². The first-order valence-electron chi connectivity index (χ1n) is 5.67. The molecule has 0 fully saturated rings. The summed E-state index contributed by atoms with van der Waals surface area (Å²) in [4.78, 5) is 4.69. The summed E-state index contributed by atoms with van der Waals surface area (Å²) in [5, 5.41) is 0. The van der Waals surface area contributed by atoms with Gasteiger partial charge in [0.2, 0.25) is 0 Å². The van der Waals surface area contributed by atoms with Crippen molar-refractivity contribution in [3.05, 3.63) is 29.6 Å². The Morgan fingerprint density at radius 3 is 2.75 bits per heavy atom. The summed E-state index contributed by atoms with van der Waals surface area (Å²) in [5.41, 5.74) is 3.52. The molecular weight excluding hydrogens is 216 g/mol. The van der Waals surface area contributed by atoms with Gasteiger partial charge in [-0.1, -0.05) is 19.9 Å². The lowest BCUT2D eigenvalue weighted by atomic mass is 10.1. The Balaban J connectivity index is 2.50. The van der Waals surface area contributed by atoms with Crippen molar-refractivity contribution >= 4 is 23.7 Å². The van der Waals surface area contributed by atoms with E-state index in [1.807, 2.05) is 0 Å². The van der Waals surface area contributed by atoms with Gasteiger partial charge in [-0.25, -0.2) is 4.98 Å². The Morgan fingerprint density at radius 2 is 2.12 bits per heavy atom. The van der Waals surface area contributed by atoms with Crippen LogP contribution >= 0.6 is 12.6 Å². The number of aromatic nitrogens is 2. The first kappa shape index (κ1) is 11.5. The van der Waals surface area contributed by atoms with E-state index in [2.05, 4.69) is 56.3 Å². The van der Waals surface area contributed by atoms with E-state index < -0.39 is 0 Å². The second-order valence-electron chi connectivity index (χ2n) is 4.67. The van der Waals surface area contributed by atoms with E-state index in [-0.39, 0.29) is 0 Å². The molecule has 0 aliphatic rings. The van der Waals surface area contributed by atoms with Crippen molar-refractivity contribution in [2.24, 2.45) is 13.0 Å². The van der Waals surface area contributed by atoms with Crippen molar-refractivity contribution in [1.82, 2.24) is 9.55 Å². The van der Waals surface area contributed by atoms with Gasteiger partial charge in [0.15, 0.2) is 0 Å². The van der Waals surface area contributed by atoms with Crippen molar-refractivity contribution in [3.63, 3.8) is 0 Å². The molecule has 2 aromatic rings. The first-order valence-corrected chi connectivity index (χ1v) is 6.30. The van der Waals surface area contributed by atoms with Crippen LogP contribution in [0.25, 0.3) is 11.0 Å². The molecule has 2 rings (SSSR count). The van der Waals surface area contributed by atoms with Gasteiger partial charge in [-0.3, -0.25) is 0 Å². The number of thiol groups is 1. The monoisotopic (exact) mass is 234 g/mol. The second-order valence-corrected chi connectivity index (χ2v) is 4.98. The van der Waals surface area contributed by atoms with Crippen LogP contribution in [-0.4, -0.2) is 9.55 Å². The normalized spacial score (nSPS) is 11.6. The highest BCUT2D eigenvalue weighted by Gasteiger charge is 2.09. The molecule has 0 saturated carbocycles. The highest BCUT2D eigenvalue weighted by molar-refractivity contribution is 7.79. The highest BCUT2D eigenvalue weighted by Crippen LogP contribution is 2.19. The summed E-state index contributed by atoms with van der Waals surface area (Å²) in [5.74, 6) is 2.58. The third kappa shape index (κ3) is 2.09. The van der Waals surface area contributed by atoms with Crippen molar-refractivity contribution in [2.45, 2.75) is 26.0 Å². The standard InChI is InChI=1S/C13H18N2S/c1-9(2)6-13-14-11-7-10(8-16)4-5-12(11)15(13)3/h4-5,7,9,16H,6,8H2,1-3H3. The van der Waals surface area contributed by atoms with Crippen LogP contribution in [0.4, 0.5) is 0 Å². The van der Waals surface area contributed by atoms with Crippen LogP contribution < -0.4 is 0 Å². The van der Waals surface area contributed by atoms with Crippen LogP contribution in [0.1, 0.15) is 25.2 Å². The second kappa shape index (κ2) is 4.50. The average molecular weight is 234 g/mol. The quantitative estimate of drug-likeness (QED) is 0.807. The third-order valence-electron chi connectivity index (χ3n) is 2.81. The summed E-state index contributed by atoms with van der Waals surface area (Å²) < 4.78 is 2.19. The third-order valence-corrected chi connectivity index (χ3v) is 3.18. The molecule has 0 aliphatic heterocycles. The minimum absolute atomic E-state index is 0.639. The number of fused-ring (bicyclic) bond motifs is 1. The van der Waals surface area contributed by atoms with Crippen LogP contribution in [0.5, 0.6) is 0 Å². The molecule has 3 heteroatoms. The van der Waals surface area contributed by atoms with Gasteiger partial charge in [0.05, 0.1) is 11.0 Å². The summed E-state index contributed by atoms with van der Waals surface area (Å²) >= 11 is 4.29. The lowest BCUT2D eigenvalue weighted by Crippen LogP contribution is -2.02. The van der Waals surface area contributed by atoms with Crippen molar-refractivity contribution in [1.29, 1.82) is 0 Å².